The van der Waals surface area contributed by atoms with Crippen LogP contribution in [0.5, 0.6) is 0 Å². The molecule has 0 radical (unpaired) electrons. The Bertz CT molecular complexity index is 497. The van der Waals surface area contributed by atoms with E-state index in [1.807, 2.05) is 0 Å². The van der Waals surface area contributed by atoms with Crippen molar-refractivity contribution in [3.05, 3.63) is 23.4 Å². The van der Waals surface area contributed by atoms with Crippen LogP contribution in [0, 0.1) is 6.92 Å². The van der Waals surface area contributed by atoms with Gasteiger partial charge in [-0.25, -0.2) is 4.98 Å². The number of anilines is 1. The lowest BCUT2D eigenvalue weighted by atomic mass is 9.93. The number of pyridine rings is 1. The third-order valence-electron chi connectivity index (χ3n) is 5.01. The minimum absolute atomic E-state index is 0.542. The molecule has 1 atom stereocenters. The second-order valence-electron chi connectivity index (χ2n) is 6.79. The van der Waals surface area contributed by atoms with Crippen molar-refractivity contribution in [3.63, 3.8) is 0 Å². The van der Waals surface area contributed by atoms with Crippen LogP contribution in [-0.2, 0) is 4.74 Å². The summed E-state index contributed by atoms with van der Waals surface area (Å²) in [7, 11) is 0. The topological polar surface area (TPSA) is 28.6 Å². The molecule has 1 aromatic rings. The molecule has 2 aliphatic rings. The molecule has 0 aromatic carbocycles. The van der Waals surface area contributed by atoms with Crippen molar-refractivity contribution < 1.29 is 4.74 Å². The molecule has 1 aromatic heterocycles. The van der Waals surface area contributed by atoms with Gasteiger partial charge in [0.05, 0.1) is 13.2 Å². The van der Waals surface area contributed by atoms with Gasteiger partial charge >= 0.3 is 0 Å². The maximum atomic E-state index is 5.43. The lowest BCUT2D eigenvalue weighted by Gasteiger charge is -2.39. The van der Waals surface area contributed by atoms with Crippen molar-refractivity contribution in [3.8, 4) is 0 Å². The quantitative estimate of drug-likeness (QED) is 0.857. The van der Waals surface area contributed by atoms with Gasteiger partial charge in [-0.05, 0) is 51.8 Å². The highest BCUT2D eigenvalue weighted by molar-refractivity contribution is 5.43. The Balaban J connectivity index is 1.81. The van der Waals surface area contributed by atoms with Crippen LogP contribution < -0.4 is 4.90 Å². The second-order valence-corrected chi connectivity index (χ2v) is 6.79. The summed E-state index contributed by atoms with van der Waals surface area (Å²) < 4.78 is 5.43. The number of rotatable bonds is 3. The molecule has 0 N–H and O–H groups in total. The van der Waals surface area contributed by atoms with Gasteiger partial charge in [0, 0.05) is 30.9 Å². The maximum Gasteiger partial charge on any atom is 0.128 e. The summed E-state index contributed by atoms with van der Waals surface area (Å²) >= 11 is 0. The van der Waals surface area contributed by atoms with Gasteiger partial charge < -0.3 is 9.64 Å². The van der Waals surface area contributed by atoms with Crippen LogP contribution in [0.1, 0.15) is 50.4 Å². The zero-order valence-corrected chi connectivity index (χ0v) is 14.2. The van der Waals surface area contributed by atoms with E-state index in [2.05, 4.69) is 42.7 Å². The van der Waals surface area contributed by atoms with Crippen molar-refractivity contribution in [1.82, 2.24) is 9.88 Å². The van der Waals surface area contributed by atoms with E-state index in [4.69, 9.17) is 9.72 Å². The molecule has 3 rings (SSSR count). The van der Waals surface area contributed by atoms with E-state index >= 15 is 0 Å². The molecule has 0 bridgehead atoms. The van der Waals surface area contributed by atoms with Crippen molar-refractivity contribution >= 4 is 5.82 Å². The number of hydrogen-bond acceptors (Lipinski definition) is 4. The Hall–Kier alpha value is -1.13. The smallest absolute Gasteiger partial charge is 0.128 e. The van der Waals surface area contributed by atoms with Crippen molar-refractivity contribution in [2.45, 2.75) is 52.1 Å². The van der Waals surface area contributed by atoms with Gasteiger partial charge in [0.15, 0.2) is 0 Å². The SMILES string of the molecule is Cc1nc(N2CCOCC2)ccc1[C@@H]1CCCCN1C(C)C. The summed E-state index contributed by atoms with van der Waals surface area (Å²) in [4.78, 5) is 9.88. The third-order valence-corrected chi connectivity index (χ3v) is 5.01. The first-order chi connectivity index (χ1) is 10.7. The molecule has 0 aliphatic carbocycles. The van der Waals surface area contributed by atoms with Gasteiger partial charge in [-0.3, -0.25) is 4.90 Å². The molecule has 2 aliphatic heterocycles. The van der Waals surface area contributed by atoms with E-state index < -0.39 is 0 Å². The number of piperidine rings is 1. The van der Waals surface area contributed by atoms with E-state index in [0.717, 1.165) is 32.1 Å². The van der Waals surface area contributed by atoms with Crippen LogP contribution in [0.25, 0.3) is 0 Å². The fourth-order valence-electron chi connectivity index (χ4n) is 3.79. The largest absolute Gasteiger partial charge is 0.378 e. The summed E-state index contributed by atoms with van der Waals surface area (Å²) in [6.45, 7) is 11.5. The van der Waals surface area contributed by atoms with Crippen LogP contribution in [-0.4, -0.2) is 48.8 Å². The minimum Gasteiger partial charge on any atom is -0.378 e. The van der Waals surface area contributed by atoms with Gasteiger partial charge in [-0.1, -0.05) is 12.5 Å². The maximum absolute atomic E-state index is 5.43. The molecule has 0 unspecified atom stereocenters. The average Bonchev–Trinajstić information content (AvgIpc) is 2.55. The highest BCUT2D eigenvalue weighted by atomic mass is 16.5. The second kappa shape index (κ2) is 6.97. The summed E-state index contributed by atoms with van der Waals surface area (Å²) in [6.07, 6.45) is 3.92. The lowest BCUT2D eigenvalue weighted by Crippen LogP contribution is -2.39. The van der Waals surface area contributed by atoms with Gasteiger partial charge in [-0.2, -0.15) is 0 Å². The third kappa shape index (κ3) is 3.28. The summed E-state index contributed by atoms with van der Waals surface area (Å²) in [5.41, 5.74) is 2.62. The number of aromatic nitrogens is 1. The molecule has 0 amide bonds. The average molecular weight is 303 g/mol. The zero-order chi connectivity index (χ0) is 15.5. The zero-order valence-electron chi connectivity index (χ0n) is 14.2. The first-order valence-electron chi connectivity index (χ1n) is 8.73. The Morgan fingerprint density at radius 3 is 2.59 bits per heavy atom. The molecule has 4 nitrogen and oxygen atoms in total. The van der Waals surface area contributed by atoms with E-state index in [-0.39, 0.29) is 0 Å². The fourth-order valence-corrected chi connectivity index (χ4v) is 3.79. The van der Waals surface area contributed by atoms with Crippen molar-refractivity contribution in [2.24, 2.45) is 0 Å². The molecule has 122 valence electrons. The van der Waals surface area contributed by atoms with Gasteiger partial charge in [0.25, 0.3) is 0 Å². The minimum atomic E-state index is 0.542. The first-order valence-corrected chi connectivity index (χ1v) is 8.73. The monoisotopic (exact) mass is 303 g/mol. The molecule has 0 spiro atoms. The highest BCUT2D eigenvalue weighted by Crippen LogP contribution is 2.34. The van der Waals surface area contributed by atoms with Crippen LogP contribution in [0.4, 0.5) is 5.82 Å². The molecule has 3 heterocycles. The fraction of sp³-hybridized carbons (Fsp3) is 0.722. The Morgan fingerprint density at radius 1 is 1.14 bits per heavy atom. The van der Waals surface area contributed by atoms with Crippen LogP contribution in [0.2, 0.25) is 0 Å². The Kier molecular flexibility index (Phi) is 4.99. The number of hydrogen-bond donors (Lipinski definition) is 0. The van der Waals surface area contributed by atoms with Crippen LogP contribution in [0.3, 0.4) is 0 Å². The number of ether oxygens (including phenoxy) is 1. The highest BCUT2D eigenvalue weighted by Gasteiger charge is 2.27. The lowest BCUT2D eigenvalue weighted by molar-refractivity contribution is 0.111. The first kappa shape index (κ1) is 15.8. The summed E-state index contributed by atoms with van der Waals surface area (Å²) in [6, 6.07) is 5.67. The van der Waals surface area contributed by atoms with Crippen molar-refractivity contribution in [1.29, 1.82) is 0 Å². The predicted octanol–water partition coefficient (Wildman–Crippen LogP) is 3.16. The van der Waals surface area contributed by atoms with Gasteiger partial charge in [-0.15, -0.1) is 0 Å². The molecular formula is C18H29N3O. The van der Waals surface area contributed by atoms with Crippen LogP contribution >= 0.6 is 0 Å². The molecule has 0 saturated carbocycles. The Morgan fingerprint density at radius 2 is 1.91 bits per heavy atom. The van der Waals surface area contributed by atoms with E-state index in [1.54, 1.807) is 0 Å². The predicted molar refractivity (Wildman–Crippen MR) is 90.4 cm³/mol. The summed E-state index contributed by atoms with van der Waals surface area (Å²) in [5, 5.41) is 0. The molecule has 2 fully saturated rings. The van der Waals surface area contributed by atoms with Gasteiger partial charge in [0.1, 0.15) is 5.82 Å². The standard InChI is InChI=1S/C18H29N3O/c1-14(2)21-9-5-4-6-17(21)16-7-8-18(19-15(16)3)20-10-12-22-13-11-20/h7-8,14,17H,4-6,9-13H2,1-3H3/t17-/m0/s1. The normalized spacial score (nSPS) is 24.0. The molecular weight excluding hydrogens is 274 g/mol. The number of likely N-dealkylation sites (tertiary alicyclic amines) is 1. The number of morpholine rings is 1. The number of aryl methyl sites for hydroxylation is 1. The van der Waals surface area contributed by atoms with Gasteiger partial charge in [0.2, 0.25) is 0 Å². The molecule has 2 saturated heterocycles. The van der Waals surface area contributed by atoms with Crippen LogP contribution in [0.15, 0.2) is 12.1 Å². The molecule has 22 heavy (non-hydrogen) atoms. The van der Waals surface area contributed by atoms with Crippen molar-refractivity contribution in [2.75, 3.05) is 37.7 Å². The summed E-state index contributed by atoms with van der Waals surface area (Å²) in [5.74, 6) is 1.11. The molecule has 4 heteroatoms. The van der Waals surface area contributed by atoms with E-state index in [9.17, 15) is 0 Å². The van der Waals surface area contributed by atoms with E-state index in [0.29, 0.717) is 12.1 Å². The van der Waals surface area contributed by atoms with E-state index in [1.165, 1.54) is 37.1 Å². The number of nitrogens with zero attached hydrogens (tertiary/aromatic N) is 3. The Labute approximate surface area is 134 Å².